The van der Waals surface area contributed by atoms with Gasteiger partial charge in [-0.1, -0.05) is 19.4 Å². The van der Waals surface area contributed by atoms with E-state index in [4.69, 9.17) is 0 Å². The maximum Gasteiger partial charge on any atom is 0.145 e. The maximum atomic E-state index is 10.7. The molecule has 12 heavy (non-hydrogen) atoms. The number of carbonyl (C=O) groups excluding carboxylic acids is 1. The number of aldehydes is 1. The van der Waals surface area contributed by atoms with Crippen LogP contribution in [0.25, 0.3) is 0 Å². The molecule has 0 spiro atoms. The van der Waals surface area contributed by atoms with Crippen molar-refractivity contribution in [1.82, 2.24) is 0 Å². The molecular weight excluding hydrogens is 148 g/mol. The smallest absolute Gasteiger partial charge is 0.145 e. The van der Waals surface area contributed by atoms with Gasteiger partial charge in [-0.15, -0.1) is 0 Å². The lowest BCUT2D eigenvalue weighted by Gasteiger charge is -2.18. The van der Waals surface area contributed by atoms with Crippen LogP contribution in [0.4, 0.5) is 0 Å². The summed E-state index contributed by atoms with van der Waals surface area (Å²) in [7, 11) is 0. The molecule has 0 bridgehead atoms. The SMILES string of the molecule is CC(C)CC1=C(C=O)CCCC1. The van der Waals surface area contributed by atoms with Crippen molar-refractivity contribution in [3.8, 4) is 0 Å². The van der Waals surface area contributed by atoms with E-state index in [2.05, 4.69) is 13.8 Å². The van der Waals surface area contributed by atoms with Crippen LogP contribution in [-0.2, 0) is 4.79 Å². The molecule has 0 saturated heterocycles. The molecule has 1 heteroatoms. The third-order valence-corrected chi connectivity index (χ3v) is 2.43. The summed E-state index contributed by atoms with van der Waals surface area (Å²) in [6, 6.07) is 0. The second-order valence-electron chi connectivity index (χ2n) is 4.05. The molecule has 1 aliphatic rings. The first-order valence-corrected chi connectivity index (χ1v) is 4.90. The Bertz CT molecular complexity index is 189. The minimum Gasteiger partial charge on any atom is -0.298 e. The van der Waals surface area contributed by atoms with E-state index >= 15 is 0 Å². The average Bonchev–Trinajstić information content (AvgIpc) is 2.04. The largest absolute Gasteiger partial charge is 0.298 e. The van der Waals surface area contributed by atoms with Crippen molar-refractivity contribution < 1.29 is 4.79 Å². The molecule has 1 nitrogen and oxygen atoms in total. The van der Waals surface area contributed by atoms with Crippen LogP contribution in [0.3, 0.4) is 0 Å². The molecule has 1 rings (SSSR count). The Morgan fingerprint density at radius 2 is 2.00 bits per heavy atom. The Balaban J connectivity index is 2.66. The first-order valence-electron chi connectivity index (χ1n) is 4.90. The van der Waals surface area contributed by atoms with Crippen molar-refractivity contribution in [2.24, 2.45) is 5.92 Å². The van der Waals surface area contributed by atoms with Crippen molar-refractivity contribution in [2.75, 3.05) is 0 Å². The third-order valence-electron chi connectivity index (χ3n) is 2.43. The lowest BCUT2D eigenvalue weighted by molar-refractivity contribution is -0.105. The Morgan fingerprint density at radius 3 is 2.58 bits per heavy atom. The molecule has 0 aromatic rings. The lowest BCUT2D eigenvalue weighted by atomic mass is 9.87. The van der Waals surface area contributed by atoms with Gasteiger partial charge in [0.1, 0.15) is 6.29 Å². The monoisotopic (exact) mass is 166 g/mol. The van der Waals surface area contributed by atoms with Crippen LogP contribution < -0.4 is 0 Å². The second kappa shape index (κ2) is 4.44. The number of carbonyl (C=O) groups is 1. The second-order valence-corrected chi connectivity index (χ2v) is 4.05. The van der Waals surface area contributed by atoms with E-state index in [0.29, 0.717) is 5.92 Å². The van der Waals surface area contributed by atoms with Crippen molar-refractivity contribution in [3.63, 3.8) is 0 Å². The zero-order chi connectivity index (χ0) is 8.97. The standard InChI is InChI=1S/C11H18O/c1-9(2)7-10-5-3-4-6-11(10)8-12/h8-9H,3-7H2,1-2H3. The minimum absolute atomic E-state index is 0.688. The molecule has 68 valence electrons. The van der Waals surface area contributed by atoms with Gasteiger partial charge in [-0.05, 0) is 43.6 Å². The van der Waals surface area contributed by atoms with Crippen molar-refractivity contribution in [2.45, 2.75) is 46.0 Å². The zero-order valence-electron chi connectivity index (χ0n) is 8.10. The van der Waals surface area contributed by atoms with Gasteiger partial charge in [-0.3, -0.25) is 4.79 Å². The van der Waals surface area contributed by atoms with Gasteiger partial charge in [0.25, 0.3) is 0 Å². The van der Waals surface area contributed by atoms with Gasteiger partial charge in [-0.2, -0.15) is 0 Å². The fourth-order valence-electron chi connectivity index (χ4n) is 1.86. The highest BCUT2D eigenvalue weighted by molar-refractivity contribution is 5.74. The summed E-state index contributed by atoms with van der Waals surface area (Å²) in [6.45, 7) is 4.42. The molecule has 0 aliphatic heterocycles. The van der Waals surface area contributed by atoms with Gasteiger partial charge in [0.05, 0.1) is 0 Å². The number of rotatable bonds is 3. The summed E-state index contributed by atoms with van der Waals surface area (Å²) in [4.78, 5) is 10.7. The van der Waals surface area contributed by atoms with E-state index in [1.165, 1.54) is 18.4 Å². The number of hydrogen-bond acceptors (Lipinski definition) is 1. The van der Waals surface area contributed by atoms with E-state index in [0.717, 1.165) is 31.1 Å². The molecule has 0 aromatic heterocycles. The van der Waals surface area contributed by atoms with Gasteiger partial charge in [-0.25, -0.2) is 0 Å². The van der Waals surface area contributed by atoms with Crippen LogP contribution >= 0.6 is 0 Å². The predicted octanol–water partition coefficient (Wildman–Crippen LogP) is 3.10. The van der Waals surface area contributed by atoms with Crippen LogP contribution in [0.1, 0.15) is 46.0 Å². The summed E-state index contributed by atoms with van der Waals surface area (Å²) >= 11 is 0. The summed E-state index contributed by atoms with van der Waals surface area (Å²) in [5.74, 6) is 0.688. The Morgan fingerprint density at radius 1 is 1.33 bits per heavy atom. The molecule has 1 aliphatic carbocycles. The van der Waals surface area contributed by atoms with Crippen molar-refractivity contribution in [1.29, 1.82) is 0 Å². The highest BCUT2D eigenvalue weighted by Gasteiger charge is 2.12. The van der Waals surface area contributed by atoms with Gasteiger partial charge < -0.3 is 0 Å². The molecule has 0 aromatic carbocycles. The van der Waals surface area contributed by atoms with E-state index in [1.807, 2.05) is 0 Å². The normalized spacial score (nSPS) is 18.6. The van der Waals surface area contributed by atoms with E-state index in [1.54, 1.807) is 0 Å². The summed E-state index contributed by atoms with van der Waals surface area (Å²) in [5.41, 5.74) is 2.52. The van der Waals surface area contributed by atoms with E-state index in [9.17, 15) is 4.79 Å². The number of allylic oxidation sites excluding steroid dienone is 2. The first kappa shape index (κ1) is 9.50. The first-order chi connectivity index (χ1) is 5.74. The highest BCUT2D eigenvalue weighted by atomic mass is 16.1. The molecule has 0 amide bonds. The van der Waals surface area contributed by atoms with Gasteiger partial charge in [0.15, 0.2) is 0 Å². The topological polar surface area (TPSA) is 17.1 Å². The quantitative estimate of drug-likeness (QED) is 0.589. The number of hydrogen-bond donors (Lipinski definition) is 0. The molecule has 0 N–H and O–H groups in total. The van der Waals surface area contributed by atoms with Crippen molar-refractivity contribution in [3.05, 3.63) is 11.1 Å². The fourth-order valence-corrected chi connectivity index (χ4v) is 1.86. The summed E-state index contributed by atoms with van der Waals surface area (Å²) in [6.07, 6.45) is 6.85. The van der Waals surface area contributed by atoms with Gasteiger partial charge in [0.2, 0.25) is 0 Å². The molecular formula is C11H18O. The van der Waals surface area contributed by atoms with E-state index < -0.39 is 0 Å². The predicted molar refractivity (Wildman–Crippen MR) is 51.0 cm³/mol. The summed E-state index contributed by atoms with van der Waals surface area (Å²) in [5, 5.41) is 0. The van der Waals surface area contributed by atoms with Crippen LogP contribution in [0.15, 0.2) is 11.1 Å². The Hall–Kier alpha value is -0.590. The van der Waals surface area contributed by atoms with E-state index in [-0.39, 0.29) is 0 Å². The fraction of sp³-hybridized carbons (Fsp3) is 0.727. The highest BCUT2D eigenvalue weighted by Crippen LogP contribution is 2.27. The molecule has 0 fully saturated rings. The van der Waals surface area contributed by atoms with Crippen LogP contribution in [0.2, 0.25) is 0 Å². The van der Waals surface area contributed by atoms with Crippen molar-refractivity contribution >= 4 is 6.29 Å². The Kier molecular flexibility index (Phi) is 3.51. The molecule has 0 unspecified atom stereocenters. The molecule has 0 saturated carbocycles. The zero-order valence-corrected chi connectivity index (χ0v) is 8.10. The third kappa shape index (κ3) is 2.47. The molecule has 0 radical (unpaired) electrons. The Labute approximate surface area is 74.9 Å². The van der Waals surface area contributed by atoms with Gasteiger partial charge in [0, 0.05) is 0 Å². The van der Waals surface area contributed by atoms with Crippen LogP contribution in [-0.4, -0.2) is 6.29 Å². The lowest BCUT2D eigenvalue weighted by Crippen LogP contribution is -2.03. The van der Waals surface area contributed by atoms with Gasteiger partial charge >= 0.3 is 0 Å². The molecule has 0 heterocycles. The average molecular weight is 166 g/mol. The van der Waals surface area contributed by atoms with Crippen LogP contribution in [0, 0.1) is 5.92 Å². The maximum absolute atomic E-state index is 10.7. The minimum atomic E-state index is 0.688. The molecule has 0 atom stereocenters. The summed E-state index contributed by atoms with van der Waals surface area (Å²) < 4.78 is 0. The van der Waals surface area contributed by atoms with Crippen LogP contribution in [0.5, 0.6) is 0 Å².